The highest BCUT2D eigenvalue weighted by Gasteiger charge is 2.36. The number of rotatable bonds is 2. The lowest BCUT2D eigenvalue weighted by Crippen LogP contribution is -2.36. The second-order valence-corrected chi connectivity index (χ2v) is 6.21. The summed E-state index contributed by atoms with van der Waals surface area (Å²) in [5, 5.41) is 0. The minimum Gasteiger partial charge on any atom is -0.378 e. The Balaban J connectivity index is 1.53. The maximum Gasteiger partial charge on any atom is 0.0642 e. The van der Waals surface area contributed by atoms with Gasteiger partial charge >= 0.3 is 0 Å². The number of nitrogens with zero attached hydrogens (tertiary/aromatic N) is 2. The summed E-state index contributed by atoms with van der Waals surface area (Å²) in [6, 6.07) is 9.83. The Morgan fingerprint density at radius 2 is 1.85 bits per heavy atom. The fraction of sp³-hybridized carbons (Fsp3) is 0.529. The molecule has 1 aromatic rings. The van der Waals surface area contributed by atoms with Gasteiger partial charge < -0.3 is 9.64 Å². The third-order valence-corrected chi connectivity index (χ3v) is 4.99. The SMILES string of the molecule is CN1C[C@H]2C[C@@H]1C=C2c1ccc(N2CCOCC2)cc1. The van der Waals surface area contributed by atoms with Crippen LogP contribution < -0.4 is 4.90 Å². The van der Waals surface area contributed by atoms with Crippen LogP contribution in [0.2, 0.25) is 0 Å². The smallest absolute Gasteiger partial charge is 0.0642 e. The fourth-order valence-corrected chi connectivity index (χ4v) is 3.81. The molecule has 2 atom stereocenters. The van der Waals surface area contributed by atoms with Gasteiger partial charge in [0.05, 0.1) is 13.2 Å². The van der Waals surface area contributed by atoms with E-state index < -0.39 is 0 Å². The molecule has 0 unspecified atom stereocenters. The molecule has 2 fully saturated rings. The van der Waals surface area contributed by atoms with E-state index in [0.717, 1.165) is 32.2 Å². The first-order valence-electron chi connectivity index (χ1n) is 7.66. The molecule has 3 heteroatoms. The first kappa shape index (κ1) is 12.4. The molecule has 0 N–H and O–H groups in total. The van der Waals surface area contributed by atoms with E-state index in [0.29, 0.717) is 6.04 Å². The van der Waals surface area contributed by atoms with Crippen molar-refractivity contribution in [1.82, 2.24) is 4.90 Å². The van der Waals surface area contributed by atoms with Crippen LogP contribution in [0.15, 0.2) is 30.3 Å². The zero-order valence-corrected chi connectivity index (χ0v) is 12.1. The Kier molecular flexibility index (Phi) is 3.04. The third-order valence-electron chi connectivity index (χ3n) is 4.99. The molecule has 2 saturated heterocycles. The molecule has 4 rings (SSSR count). The number of morpholine rings is 1. The van der Waals surface area contributed by atoms with Crippen molar-refractivity contribution < 1.29 is 4.74 Å². The van der Waals surface area contributed by atoms with Crippen molar-refractivity contribution >= 4 is 11.3 Å². The molecule has 2 heterocycles. The number of hydrogen-bond acceptors (Lipinski definition) is 3. The quantitative estimate of drug-likeness (QED) is 0.819. The van der Waals surface area contributed by atoms with E-state index in [1.165, 1.54) is 24.2 Å². The summed E-state index contributed by atoms with van der Waals surface area (Å²) >= 11 is 0. The number of anilines is 1. The van der Waals surface area contributed by atoms with Crippen molar-refractivity contribution in [3.05, 3.63) is 35.9 Å². The van der Waals surface area contributed by atoms with Crippen molar-refractivity contribution in [3.8, 4) is 0 Å². The van der Waals surface area contributed by atoms with E-state index in [9.17, 15) is 0 Å². The monoisotopic (exact) mass is 270 g/mol. The van der Waals surface area contributed by atoms with E-state index in [1.807, 2.05) is 0 Å². The van der Waals surface area contributed by atoms with Crippen molar-refractivity contribution in [1.29, 1.82) is 0 Å². The number of hydrogen-bond donors (Lipinski definition) is 0. The first-order valence-corrected chi connectivity index (χ1v) is 7.66. The van der Waals surface area contributed by atoms with Crippen LogP contribution in [0.4, 0.5) is 5.69 Å². The lowest BCUT2D eigenvalue weighted by molar-refractivity contribution is 0.122. The molecule has 2 aliphatic heterocycles. The van der Waals surface area contributed by atoms with Gasteiger partial charge in [-0.3, -0.25) is 4.90 Å². The largest absolute Gasteiger partial charge is 0.378 e. The van der Waals surface area contributed by atoms with Crippen LogP contribution in [0.3, 0.4) is 0 Å². The van der Waals surface area contributed by atoms with Gasteiger partial charge in [0.1, 0.15) is 0 Å². The van der Waals surface area contributed by atoms with Gasteiger partial charge in [-0.05, 0) is 42.7 Å². The van der Waals surface area contributed by atoms with Crippen LogP contribution in [0.25, 0.3) is 5.57 Å². The predicted molar refractivity (Wildman–Crippen MR) is 82.0 cm³/mol. The lowest BCUT2D eigenvalue weighted by Gasteiger charge is -2.29. The first-order chi connectivity index (χ1) is 9.81. The highest BCUT2D eigenvalue weighted by molar-refractivity contribution is 5.72. The molecule has 1 aromatic carbocycles. The number of likely N-dealkylation sites (N-methyl/N-ethyl adjacent to an activating group) is 1. The zero-order chi connectivity index (χ0) is 13.5. The van der Waals surface area contributed by atoms with Crippen LogP contribution in [0, 0.1) is 5.92 Å². The van der Waals surface area contributed by atoms with E-state index in [1.54, 1.807) is 5.57 Å². The van der Waals surface area contributed by atoms with Gasteiger partial charge in [0.15, 0.2) is 0 Å². The predicted octanol–water partition coefficient (Wildman–Crippen LogP) is 2.24. The van der Waals surface area contributed by atoms with Crippen molar-refractivity contribution in [3.63, 3.8) is 0 Å². The van der Waals surface area contributed by atoms with Crippen LogP contribution in [-0.2, 0) is 4.74 Å². The van der Waals surface area contributed by atoms with Crippen molar-refractivity contribution in [2.24, 2.45) is 5.92 Å². The molecular weight excluding hydrogens is 248 g/mol. The maximum atomic E-state index is 5.41. The zero-order valence-electron chi connectivity index (χ0n) is 12.1. The summed E-state index contributed by atoms with van der Waals surface area (Å²) in [6.07, 6.45) is 3.79. The van der Waals surface area contributed by atoms with Crippen molar-refractivity contribution in [2.45, 2.75) is 12.5 Å². The van der Waals surface area contributed by atoms with Gasteiger partial charge in [0.2, 0.25) is 0 Å². The molecule has 3 nitrogen and oxygen atoms in total. The standard InChI is InChI=1S/C17H22N2O/c1-18-12-14-10-16(18)11-17(14)13-2-4-15(5-3-13)19-6-8-20-9-7-19/h2-5,11,14,16H,6-10,12H2,1H3/t14-,16-/m1/s1. The van der Waals surface area contributed by atoms with E-state index in [-0.39, 0.29) is 0 Å². The Bertz CT molecular complexity index is 516. The fourth-order valence-electron chi connectivity index (χ4n) is 3.81. The second-order valence-electron chi connectivity index (χ2n) is 6.21. The second kappa shape index (κ2) is 4.90. The molecule has 0 spiro atoms. The Hall–Kier alpha value is -1.32. The molecule has 0 radical (unpaired) electrons. The number of fused-ring (bicyclic) bond motifs is 2. The van der Waals surface area contributed by atoms with E-state index in [2.05, 4.69) is 47.2 Å². The molecule has 0 amide bonds. The van der Waals surface area contributed by atoms with Crippen LogP contribution in [-0.4, -0.2) is 50.8 Å². The van der Waals surface area contributed by atoms with Gasteiger partial charge in [-0.1, -0.05) is 18.2 Å². The molecule has 106 valence electrons. The summed E-state index contributed by atoms with van der Waals surface area (Å²) in [4.78, 5) is 4.88. The number of likely N-dealkylation sites (tertiary alicyclic amines) is 1. The number of ether oxygens (including phenoxy) is 1. The Morgan fingerprint density at radius 1 is 1.10 bits per heavy atom. The number of benzene rings is 1. The minimum atomic E-state index is 0.675. The summed E-state index contributed by atoms with van der Waals surface area (Å²) in [5.41, 5.74) is 4.32. The Labute approximate surface area is 120 Å². The van der Waals surface area contributed by atoms with Crippen LogP contribution >= 0.6 is 0 Å². The molecule has 20 heavy (non-hydrogen) atoms. The molecule has 0 saturated carbocycles. The third kappa shape index (κ3) is 2.05. The molecule has 3 aliphatic rings. The normalized spacial score (nSPS) is 29.9. The molecule has 2 bridgehead atoms. The van der Waals surface area contributed by atoms with Gasteiger partial charge in [-0.15, -0.1) is 0 Å². The van der Waals surface area contributed by atoms with Gasteiger partial charge in [0, 0.05) is 31.4 Å². The van der Waals surface area contributed by atoms with Crippen LogP contribution in [0.5, 0.6) is 0 Å². The van der Waals surface area contributed by atoms with Gasteiger partial charge in [-0.2, -0.15) is 0 Å². The Morgan fingerprint density at radius 3 is 2.45 bits per heavy atom. The minimum absolute atomic E-state index is 0.675. The average Bonchev–Trinajstić information content (AvgIpc) is 3.07. The van der Waals surface area contributed by atoms with Crippen molar-refractivity contribution in [2.75, 3.05) is 44.8 Å². The molecular formula is C17H22N2O. The summed E-state index contributed by atoms with van der Waals surface area (Å²) in [5.74, 6) is 0.749. The van der Waals surface area contributed by atoms with E-state index >= 15 is 0 Å². The van der Waals surface area contributed by atoms with Crippen LogP contribution in [0.1, 0.15) is 12.0 Å². The average molecular weight is 270 g/mol. The topological polar surface area (TPSA) is 15.7 Å². The van der Waals surface area contributed by atoms with E-state index in [4.69, 9.17) is 4.74 Å². The molecule has 1 aliphatic carbocycles. The summed E-state index contributed by atoms with van der Waals surface area (Å²) in [6.45, 7) is 4.95. The molecule has 0 aromatic heterocycles. The lowest BCUT2D eigenvalue weighted by atomic mass is 9.95. The highest BCUT2D eigenvalue weighted by atomic mass is 16.5. The summed E-state index contributed by atoms with van der Waals surface area (Å²) < 4.78 is 5.41. The maximum absolute atomic E-state index is 5.41. The summed E-state index contributed by atoms with van der Waals surface area (Å²) in [7, 11) is 2.24. The van der Waals surface area contributed by atoms with Gasteiger partial charge in [0.25, 0.3) is 0 Å². The highest BCUT2D eigenvalue weighted by Crippen LogP contribution is 2.41. The van der Waals surface area contributed by atoms with Gasteiger partial charge in [-0.25, -0.2) is 0 Å².